The van der Waals surface area contributed by atoms with E-state index in [4.69, 9.17) is 9.72 Å². The van der Waals surface area contributed by atoms with Crippen molar-refractivity contribution in [3.8, 4) is 10.6 Å². The molecule has 2 aliphatic rings. The number of ether oxygens (including phenoxy) is 1. The van der Waals surface area contributed by atoms with E-state index >= 15 is 0 Å². The van der Waals surface area contributed by atoms with Crippen molar-refractivity contribution in [2.75, 3.05) is 29.3 Å². The molecule has 0 saturated carbocycles. The summed E-state index contributed by atoms with van der Waals surface area (Å²) in [7, 11) is -3.80. The van der Waals surface area contributed by atoms with Crippen LogP contribution in [0.4, 0.5) is 15.5 Å². The highest BCUT2D eigenvalue weighted by molar-refractivity contribution is 7.92. The van der Waals surface area contributed by atoms with Gasteiger partial charge >= 0.3 is 6.09 Å². The summed E-state index contributed by atoms with van der Waals surface area (Å²) in [6.45, 7) is 3.39. The van der Waals surface area contributed by atoms with Crippen molar-refractivity contribution in [3.63, 3.8) is 0 Å². The maximum absolute atomic E-state index is 13.6. The smallest absolute Gasteiger partial charge is 0.410 e. The number of hydrogen-bond acceptors (Lipinski definition) is 8. The minimum atomic E-state index is -3.80. The fraction of sp³-hybridized carbons (Fsp3) is 0.242. The molecular weight excluding hydrogens is 629 g/mol. The molecule has 9 nitrogen and oxygen atoms in total. The fourth-order valence-corrected chi connectivity index (χ4v) is 9.81. The summed E-state index contributed by atoms with van der Waals surface area (Å²) in [6, 6.07) is 21.6. The molecule has 12 heteroatoms. The Balaban J connectivity index is 1.18. The van der Waals surface area contributed by atoms with Crippen molar-refractivity contribution in [3.05, 3.63) is 94.4 Å². The van der Waals surface area contributed by atoms with Crippen molar-refractivity contribution in [1.82, 2.24) is 9.88 Å². The van der Waals surface area contributed by atoms with E-state index in [0.717, 1.165) is 49.6 Å². The number of aromatic nitrogens is 1. The van der Waals surface area contributed by atoms with E-state index in [0.29, 0.717) is 48.9 Å². The molecule has 230 valence electrons. The normalized spacial score (nSPS) is 14.6. The number of hydrogen-bond donors (Lipinski definition) is 1. The highest BCUT2D eigenvalue weighted by Crippen LogP contribution is 2.46. The minimum absolute atomic E-state index is 0.136. The van der Waals surface area contributed by atoms with Crippen LogP contribution in [0.15, 0.2) is 77.7 Å². The van der Waals surface area contributed by atoms with Crippen molar-refractivity contribution in [1.29, 1.82) is 0 Å². The number of nitrogens with one attached hydrogen (secondary N) is 1. The summed E-state index contributed by atoms with van der Waals surface area (Å²) in [5.74, 6) is -0.356. The summed E-state index contributed by atoms with van der Waals surface area (Å²) < 4.78 is 35.0. The molecule has 45 heavy (non-hydrogen) atoms. The lowest BCUT2D eigenvalue weighted by molar-refractivity contribution is 0.102. The first-order chi connectivity index (χ1) is 21.8. The molecule has 0 unspecified atom stereocenters. The van der Waals surface area contributed by atoms with Gasteiger partial charge in [-0.1, -0.05) is 30.3 Å². The Kier molecular flexibility index (Phi) is 7.80. The number of thiazole rings is 1. The van der Waals surface area contributed by atoms with Gasteiger partial charge in [0.05, 0.1) is 34.0 Å². The molecule has 0 aliphatic carbocycles. The second-order valence-corrected chi connectivity index (χ2v) is 14.9. The van der Waals surface area contributed by atoms with Crippen LogP contribution in [0.25, 0.3) is 20.8 Å². The zero-order valence-electron chi connectivity index (χ0n) is 24.5. The van der Waals surface area contributed by atoms with Gasteiger partial charge in [-0.25, -0.2) is 18.2 Å². The lowest BCUT2D eigenvalue weighted by Gasteiger charge is -2.30. The number of nitrogens with zero attached hydrogens (tertiary/aromatic N) is 3. The zero-order chi connectivity index (χ0) is 31.1. The van der Waals surface area contributed by atoms with Gasteiger partial charge in [0.1, 0.15) is 10.0 Å². The Morgan fingerprint density at radius 2 is 1.73 bits per heavy atom. The zero-order valence-corrected chi connectivity index (χ0v) is 26.9. The van der Waals surface area contributed by atoms with E-state index in [2.05, 4.69) is 5.32 Å². The number of thiophene rings is 1. The molecule has 0 bridgehead atoms. The summed E-state index contributed by atoms with van der Waals surface area (Å²) in [4.78, 5) is 33.8. The SMILES string of the molecule is CCOC(=O)N1CCc2c(sc(NC(=O)c3ccc(S(=O)(=O)N4CCCc5ccccc54)cc3)c2-c2nc3ccccc3s2)C1. The van der Waals surface area contributed by atoms with Gasteiger partial charge in [0.15, 0.2) is 0 Å². The Bertz CT molecular complexity index is 2000. The average molecular weight is 659 g/mol. The highest BCUT2D eigenvalue weighted by atomic mass is 32.2. The number of carbonyl (C=O) groups is 2. The van der Waals surface area contributed by atoms with Crippen LogP contribution in [0.2, 0.25) is 0 Å². The molecule has 3 aromatic carbocycles. The molecule has 2 aromatic heterocycles. The van der Waals surface area contributed by atoms with Crippen LogP contribution < -0.4 is 9.62 Å². The molecule has 0 atom stereocenters. The quantitative estimate of drug-likeness (QED) is 0.212. The van der Waals surface area contributed by atoms with E-state index in [1.54, 1.807) is 35.3 Å². The van der Waals surface area contributed by atoms with Crippen LogP contribution in [-0.4, -0.2) is 50.0 Å². The van der Waals surface area contributed by atoms with Crippen molar-refractivity contribution in [2.45, 2.75) is 37.6 Å². The molecule has 0 spiro atoms. The van der Waals surface area contributed by atoms with Crippen LogP contribution in [0, 0.1) is 0 Å². The first-order valence-electron chi connectivity index (χ1n) is 14.8. The first kappa shape index (κ1) is 29.5. The molecule has 2 aliphatic heterocycles. The van der Waals surface area contributed by atoms with Gasteiger partial charge in [0, 0.05) is 29.1 Å². The van der Waals surface area contributed by atoms with Gasteiger partial charge in [-0.05, 0) is 79.8 Å². The summed E-state index contributed by atoms with van der Waals surface area (Å²) >= 11 is 2.99. The number of amides is 2. The molecule has 0 saturated heterocycles. The topological polar surface area (TPSA) is 109 Å². The van der Waals surface area contributed by atoms with Gasteiger partial charge in [0.25, 0.3) is 15.9 Å². The Hall–Kier alpha value is -4.26. The second kappa shape index (κ2) is 11.9. The number of rotatable bonds is 6. The molecule has 7 rings (SSSR count). The van der Waals surface area contributed by atoms with E-state index in [-0.39, 0.29) is 16.9 Å². The fourth-order valence-electron chi connectivity index (χ4n) is 5.90. The number of sulfonamides is 1. The Morgan fingerprint density at radius 3 is 2.53 bits per heavy atom. The van der Waals surface area contributed by atoms with Crippen LogP contribution >= 0.6 is 22.7 Å². The summed E-state index contributed by atoms with van der Waals surface area (Å²) in [6.07, 6.45) is 1.84. The van der Waals surface area contributed by atoms with E-state index in [1.807, 2.05) is 48.5 Å². The third kappa shape index (κ3) is 5.47. The number of benzene rings is 3. The molecule has 5 aromatic rings. The van der Waals surface area contributed by atoms with Gasteiger partial charge in [0.2, 0.25) is 0 Å². The molecule has 4 heterocycles. The molecule has 2 amide bonds. The summed E-state index contributed by atoms with van der Waals surface area (Å²) in [5.41, 5.74) is 4.87. The first-order valence-corrected chi connectivity index (χ1v) is 17.8. The largest absolute Gasteiger partial charge is 0.450 e. The maximum Gasteiger partial charge on any atom is 0.410 e. The van der Waals surface area contributed by atoms with Crippen LogP contribution in [0.1, 0.15) is 39.7 Å². The van der Waals surface area contributed by atoms with Gasteiger partial charge in [-0.2, -0.15) is 0 Å². The summed E-state index contributed by atoms with van der Waals surface area (Å²) in [5, 5.41) is 4.53. The minimum Gasteiger partial charge on any atom is -0.450 e. The number of para-hydroxylation sites is 2. The standard InChI is InChI=1S/C33H30N4O5S3/c1-2-42-33(39)36-19-17-24-28(20-36)44-32(29(24)31-34-25-10-4-6-12-27(25)43-31)35-30(38)22-13-15-23(16-14-22)45(40,41)37-18-7-9-21-8-3-5-11-26(21)37/h3-6,8,10-16H,2,7,9,17-20H2,1H3,(H,35,38). The molecule has 0 fully saturated rings. The van der Waals surface area contributed by atoms with E-state index in [1.165, 1.54) is 27.8 Å². The highest BCUT2D eigenvalue weighted by Gasteiger charge is 2.31. The van der Waals surface area contributed by atoms with E-state index < -0.39 is 10.0 Å². The van der Waals surface area contributed by atoms with Crippen molar-refractivity contribution in [2.24, 2.45) is 0 Å². The van der Waals surface area contributed by atoms with E-state index in [9.17, 15) is 18.0 Å². The Labute approximate surface area is 269 Å². The van der Waals surface area contributed by atoms with Gasteiger partial charge < -0.3 is 15.0 Å². The molecular formula is C33H30N4O5S3. The molecule has 1 N–H and O–H groups in total. The number of carbonyl (C=O) groups excluding carboxylic acids is 2. The van der Waals surface area contributed by atoms with Crippen LogP contribution in [0.5, 0.6) is 0 Å². The third-order valence-electron chi connectivity index (χ3n) is 8.09. The Morgan fingerprint density at radius 1 is 0.956 bits per heavy atom. The predicted molar refractivity (Wildman–Crippen MR) is 178 cm³/mol. The monoisotopic (exact) mass is 658 g/mol. The number of anilines is 2. The van der Waals surface area contributed by atoms with Crippen molar-refractivity contribution >= 4 is 65.6 Å². The number of aryl methyl sites for hydroxylation is 1. The third-order valence-corrected chi connectivity index (χ3v) is 12.1. The van der Waals surface area contributed by atoms with Gasteiger partial charge in [-0.15, -0.1) is 22.7 Å². The van der Waals surface area contributed by atoms with Gasteiger partial charge in [-0.3, -0.25) is 9.10 Å². The van der Waals surface area contributed by atoms with Crippen molar-refractivity contribution < 1.29 is 22.7 Å². The maximum atomic E-state index is 13.6. The lowest BCUT2D eigenvalue weighted by atomic mass is 10.0. The van der Waals surface area contributed by atoms with Crippen LogP contribution in [0.3, 0.4) is 0 Å². The number of fused-ring (bicyclic) bond motifs is 3. The average Bonchev–Trinajstić information content (AvgIpc) is 3.65. The predicted octanol–water partition coefficient (Wildman–Crippen LogP) is 6.93. The molecule has 0 radical (unpaired) electrons. The lowest BCUT2D eigenvalue weighted by Crippen LogP contribution is -2.35. The second-order valence-electron chi connectivity index (χ2n) is 10.9. The van der Waals surface area contributed by atoms with Crippen LogP contribution in [-0.2, 0) is 34.1 Å².